The van der Waals surface area contributed by atoms with Crippen molar-refractivity contribution in [2.45, 2.75) is 32.5 Å². The Morgan fingerprint density at radius 1 is 0.967 bits per heavy atom. The molecule has 3 heterocycles. The predicted molar refractivity (Wildman–Crippen MR) is 104 cm³/mol. The van der Waals surface area contributed by atoms with E-state index in [2.05, 4.69) is 35.6 Å². The SMILES string of the molecule is CC(C)Nc1nc(Nc2ccnc(C(F)F)c2)nc(-c2cccc(C(F)(F)F)n2)n1.[HH].[HH]. The van der Waals surface area contributed by atoms with Crippen molar-refractivity contribution in [2.75, 3.05) is 10.6 Å². The Hall–Kier alpha value is -3.44. The third-order valence-corrected chi connectivity index (χ3v) is 3.58. The van der Waals surface area contributed by atoms with Crippen molar-refractivity contribution in [1.29, 1.82) is 0 Å². The number of alkyl halides is 5. The lowest BCUT2D eigenvalue weighted by Crippen LogP contribution is -2.15. The third-order valence-electron chi connectivity index (χ3n) is 3.58. The van der Waals surface area contributed by atoms with Crippen molar-refractivity contribution < 1.29 is 24.8 Å². The van der Waals surface area contributed by atoms with Crippen molar-refractivity contribution >= 4 is 17.6 Å². The molecule has 3 aromatic heterocycles. The Balaban J connectivity index is 0.00000256. The van der Waals surface area contributed by atoms with Crippen LogP contribution in [0.1, 0.15) is 34.5 Å². The van der Waals surface area contributed by atoms with Gasteiger partial charge in [-0.25, -0.2) is 13.8 Å². The van der Waals surface area contributed by atoms with E-state index < -0.39 is 24.0 Å². The maximum Gasteiger partial charge on any atom is 0.433 e. The van der Waals surface area contributed by atoms with Gasteiger partial charge in [0.15, 0.2) is 5.82 Å². The maximum absolute atomic E-state index is 13.0. The van der Waals surface area contributed by atoms with E-state index in [1.165, 1.54) is 24.4 Å². The van der Waals surface area contributed by atoms with Crippen molar-refractivity contribution in [3.8, 4) is 11.5 Å². The molecule has 0 unspecified atom stereocenters. The van der Waals surface area contributed by atoms with Crippen LogP contribution < -0.4 is 10.6 Å². The van der Waals surface area contributed by atoms with Crippen LogP contribution in [0.15, 0.2) is 36.5 Å². The molecule has 0 spiro atoms. The summed E-state index contributed by atoms with van der Waals surface area (Å²) in [5.41, 5.74) is -1.44. The molecule has 0 fully saturated rings. The summed E-state index contributed by atoms with van der Waals surface area (Å²) in [6.07, 6.45) is -6.22. The molecular formula is C18H20F5N7. The minimum absolute atomic E-state index is 0. The number of pyridine rings is 2. The van der Waals surface area contributed by atoms with Gasteiger partial charge in [-0.05, 0) is 38.1 Å². The van der Waals surface area contributed by atoms with Crippen LogP contribution in [0.3, 0.4) is 0 Å². The molecule has 0 aliphatic heterocycles. The summed E-state index contributed by atoms with van der Waals surface area (Å²) in [4.78, 5) is 19.5. The second-order valence-electron chi connectivity index (χ2n) is 6.41. The van der Waals surface area contributed by atoms with Gasteiger partial charge in [-0.1, -0.05) is 6.07 Å². The second-order valence-corrected chi connectivity index (χ2v) is 6.41. The largest absolute Gasteiger partial charge is 0.433 e. The van der Waals surface area contributed by atoms with Gasteiger partial charge >= 0.3 is 6.18 Å². The lowest BCUT2D eigenvalue weighted by atomic mass is 10.3. The van der Waals surface area contributed by atoms with Gasteiger partial charge in [-0.15, -0.1) is 0 Å². The predicted octanol–water partition coefficient (Wildman–Crippen LogP) is 5.34. The van der Waals surface area contributed by atoms with Gasteiger partial charge in [-0.2, -0.15) is 28.1 Å². The molecule has 3 rings (SSSR count). The lowest BCUT2D eigenvalue weighted by molar-refractivity contribution is -0.141. The van der Waals surface area contributed by atoms with Gasteiger partial charge in [0.05, 0.1) is 0 Å². The van der Waals surface area contributed by atoms with E-state index in [9.17, 15) is 22.0 Å². The number of hydrogen-bond acceptors (Lipinski definition) is 7. The molecule has 0 aliphatic rings. The molecule has 3 aromatic rings. The summed E-state index contributed by atoms with van der Waals surface area (Å²) in [6.45, 7) is 3.63. The molecule has 0 bridgehead atoms. The van der Waals surface area contributed by atoms with Crippen molar-refractivity contribution in [3.63, 3.8) is 0 Å². The van der Waals surface area contributed by atoms with Gasteiger partial charge in [0, 0.05) is 20.8 Å². The number of nitrogens with zero attached hydrogens (tertiary/aromatic N) is 5. The van der Waals surface area contributed by atoms with Crippen molar-refractivity contribution in [1.82, 2.24) is 24.9 Å². The molecule has 162 valence electrons. The summed E-state index contributed by atoms with van der Waals surface area (Å²) >= 11 is 0. The Morgan fingerprint density at radius 3 is 2.37 bits per heavy atom. The average molecular weight is 429 g/mol. The topological polar surface area (TPSA) is 88.5 Å². The number of halogens is 5. The number of nitrogens with one attached hydrogen (secondary N) is 2. The van der Waals surface area contributed by atoms with Crippen LogP contribution in [0.5, 0.6) is 0 Å². The minimum atomic E-state index is -4.63. The van der Waals surface area contributed by atoms with Crippen LogP contribution in [-0.2, 0) is 6.18 Å². The Kier molecular flexibility index (Phi) is 6.04. The normalized spacial score (nSPS) is 11.8. The van der Waals surface area contributed by atoms with E-state index in [-0.39, 0.29) is 38.0 Å². The molecule has 2 N–H and O–H groups in total. The first kappa shape index (κ1) is 21.3. The number of rotatable bonds is 6. The summed E-state index contributed by atoms with van der Waals surface area (Å²) in [5, 5.41) is 5.67. The van der Waals surface area contributed by atoms with Crippen LogP contribution >= 0.6 is 0 Å². The van der Waals surface area contributed by atoms with E-state index >= 15 is 0 Å². The second kappa shape index (κ2) is 8.51. The van der Waals surface area contributed by atoms with Gasteiger partial charge in [0.2, 0.25) is 11.9 Å². The van der Waals surface area contributed by atoms with E-state index in [0.29, 0.717) is 0 Å². The van der Waals surface area contributed by atoms with Crippen LogP contribution in [0.25, 0.3) is 11.5 Å². The molecule has 30 heavy (non-hydrogen) atoms. The van der Waals surface area contributed by atoms with Gasteiger partial charge in [0.1, 0.15) is 17.1 Å². The molecule has 0 atom stereocenters. The van der Waals surface area contributed by atoms with Crippen LogP contribution in [-0.4, -0.2) is 31.0 Å². The van der Waals surface area contributed by atoms with Gasteiger partial charge in [0.25, 0.3) is 6.43 Å². The molecule has 0 amide bonds. The maximum atomic E-state index is 13.0. The molecule has 12 heteroatoms. The first-order valence-corrected chi connectivity index (χ1v) is 8.70. The van der Waals surface area contributed by atoms with E-state index in [1.54, 1.807) is 0 Å². The van der Waals surface area contributed by atoms with Crippen molar-refractivity contribution in [3.05, 3.63) is 47.9 Å². The molecular weight excluding hydrogens is 409 g/mol. The van der Waals surface area contributed by atoms with Crippen LogP contribution in [0, 0.1) is 0 Å². The molecule has 0 radical (unpaired) electrons. The number of hydrogen-bond donors (Lipinski definition) is 2. The fraction of sp³-hybridized carbons (Fsp3) is 0.278. The quantitative estimate of drug-likeness (QED) is 0.511. The third kappa shape index (κ3) is 5.33. The summed E-state index contributed by atoms with van der Waals surface area (Å²) in [7, 11) is 0. The van der Waals surface area contributed by atoms with Crippen LogP contribution in [0.2, 0.25) is 0 Å². The highest BCUT2D eigenvalue weighted by Crippen LogP contribution is 2.29. The zero-order valence-corrected chi connectivity index (χ0v) is 15.7. The highest BCUT2D eigenvalue weighted by atomic mass is 19.4. The monoisotopic (exact) mass is 429 g/mol. The average Bonchev–Trinajstić information content (AvgIpc) is 2.67. The summed E-state index contributed by atoms with van der Waals surface area (Å²) in [5.74, 6) is -0.0986. The first-order valence-electron chi connectivity index (χ1n) is 8.70. The van der Waals surface area contributed by atoms with E-state index in [4.69, 9.17) is 0 Å². The number of aromatic nitrogens is 5. The highest BCUT2D eigenvalue weighted by Gasteiger charge is 2.32. The first-order chi connectivity index (χ1) is 14.1. The van der Waals surface area contributed by atoms with Crippen molar-refractivity contribution in [2.24, 2.45) is 0 Å². The van der Waals surface area contributed by atoms with E-state index in [1.807, 2.05) is 13.8 Å². The summed E-state index contributed by atoms with van der Waals surface area (Å²) < 4.78 is 64.7. The Labute approximate surface area is 170 Å². The highest BCUT2D eigenvalue weighted by molar-refractivity contribution is 5.59. The smallest absolute Gasteiger partial charge is 0.352 e. The molecule has 0 saturated heterocycles. The molecule has 0 aliphatic carbocycles. The Bertz CT molecular complexity index is 1030. The molecule has 0 aromatic carbocycles. The Morgan fingerprint density at radius 2 is 1.70 bits per heavy atom. The zero-order chi connectivity index (χ0) is 21.9. The molecule has 7 nitrogen and oxygen atoms in total. The minimum Gasteiger partial charge on any atom is -0.352 e. The molecule has 0 saturated carbocycles. The standard InChI is InChI=1S/C18H16F5N7.2H2/c1-9(2)25-16-28-15(11-4-3-5-13(27-11)18(21,22)23)29-17(30-16)26-10-6-7-24-12(8-10)14(19)20;;/h3-9,14H,1-2H3,(H2,24,25,26,28,29,30);2*1H. The lowest BCUT2D eigenvalue weighted by Gasteiger charge is -2.13. The van der Waals surface area contributed by atoms with Gasteiger partial charge < -0.3 is 10.6 Å². The van der Waals surface area contributed by atoms with Gasteiger partial charge in [-0.3, -0.25) is 4.98 Å². The number of anilines is 3. The van der Waals surface area contributed by atoms with Crippen LogP contribution in [0.4, 0.5) is 39.5 Å². The fourth-order valence-electron chi connectivity index (χ4n) is 2.36. The fourth-order valence-corrected chi connectivity index (χ4v) is 2.36. The van der Waals surface area contributed by atoms with E-state index in [0.717, 1.165) is 12.1 Å². The zero-order valence-electron chi connectivity index (χ0n) is 15.7. The summed E-state index contributed by atoms with van der Waals surface area (Å²) in [6, 6.07) is 5.80.